The Morgan fingerprint density at radius 1 is 1.29 bits per heavy atom. The van der Waals surface area contributed by atoms with E-state index >= 15 is 0 Å². The van der Waals surface area contributed by atoms with Crippen molar-refractivity contribution in [3.63, 3.8) is 0 Å². The number of rotatable bonds is 5. The van der Waals surface area contributed by atoms with Crippen molar-refractivity contribution < 1.29 is 31.8 Å². The van der Waals surface area contributed by atoms with Crippen LogP contribution in [0.2, 0.25) is 0 Å². The lowest BCUT2D eigenvalue weighted by Gasteiger charge is -2.15. The third-order valence-corrected chi connectivity index (χ3v) is 3.06. The molecule has 0 aliphatic heterocycles. The molecule has 0 fully saturated rings. The summed E-state index contributed by atoms with van der Waals surface area (Å²) in [5.41, 5.74) is 4.00. The van der Waals surface area contributed by atoms with E-state index in [-0.39, 0.29) is 35.2 Å². The van der Waals surface area contributed by atoms with Crippen molar-refractivity contribution in [1.29, 1.82) is 0 Å². The second-order valence-corrected chi connectivity index (χ2v) is 4.67. The highest BCUT2D eigenvalue weighted by atomic mass is 19.4. The van der Waals surface area contributed by atoms with E-state index < -0.39 is 17.6 Å². The Balaban J connectivity index is 2.60. The van der Waals surface area contributed by atoms with Crippen LogP contribution in [-0.2, 0) is 10.9 Å². The van der Waals surface area contributed by atoms with Gasteiger partial charge in [0, 0.05) is 12.7 Å². The average molecular weight is 344 g/mol. The summed E-state index contributed by atoms with van der Waals surface area (Å²) in [4.78, 5) is 14.5. The zero-order chi connectivity index (χ0) is 17.9. The number of pyridine rings is 1. The first-order chi connectivity index (χ1) is 11.3. The number of aromatic nitrogens is 1. The number of halogens is 4. The molecule has 0 saturated carbocycles. The van der Waals surface area contributed by atoms with Gasteiger partial charge in [0.15, 0.2) is 13.1 Å². The molecule has 0 saturated heterocycles. The summed E-state index contributed by atoms with van der Waals surface area (Å²) >= 11 is 0. The normalized spacial score (nSPS) is 11.4. The van der Waals surface area contributed by atoms with Crippen molar-refractivity contribution in [1.82, 2.24) is 4.98 Å². The van der Waals surface area contributed by atoms with Crippen molar-refractivity contribution in [2.75, 3.05) is 19.6 Å². The fraction of sp³-hybridized carbons (Fsp3) is 0.200. The molecule has 0 spiro atoms. The third kappa shape index (κ3) is 3.62. The zero-order valence-corrected chi connectivity index (χ0v) is 12.4. The van der Waals surface area contributed by atoms with Crippen LogP contribution in [0.25, 0.3) is 11.3 Å². The summed E-state index contributed by atoms with van der Waals surface area (Å²) in [5.74, 6) is -1.45. The Hall–Kier alpha value is -2.68. The van der Waals surface area contributed by atoms with E-state index in [4.69, 9.17) is 10.5 Å². The maximum absolute atomic E-state index is 14.2. The molecule has 1 aromatic heterocycles. The van der Waals surface area contributed by atoms with Gasteiger partial charge in [-0.1, -0.05) is 0 Å². The molecule has 0 amide bonds. The summed E-state index contributed by atoms with van der Waals surface area (Å²) in [6.45, 7) is -0.349. The van der Waals surface area contributed by atoms with Gasteiger partial charge < -0.3 is 15.2 Å². The van der Waals surface area contributed by atoms with Crippen molar-refractivity contribution in [2.45, 2.75) is 6.18 Å². The minimum atomic E-state index is -4.60. The van der Waals surface area contributed by atoms with E-state index in [1.807, 2.05) is 0 Å². The van der Waals surface area contributed by atoms with Crippen LogP contribution in [-0.4, -0.2) is 25.2 Å². The number of alkyl halides is 3. The number of benzene rings is 1. The Morgan fingerprint density at radius 2 is 2.00 bits per heavy atom. The zero-order valence-electron chi connectivity index (χ0n) is 12.4. The second-order valence-electron chi connectivity index (χ2n) is 4.67. The summed E-state index contributed by atoms with van der Waals surface area (Å²) < 4.78 is 62.4. The van der Waals surface area contributed by atoms with Crippen LogP contribution in [0.3, 0.4) is 0 Å². The van der Waals surface area contributed by atoms with E-state index in [9.17, 15) is 22.4 Å². The maximum Gasteiger partial charge on any atom is 0.416 e. The molecular formula is C15H12F4N2O3. The summed E-state index contributed by atoms with van der Waals surface area (Å²) in [5, 5.41) is 0. The minimum absolute atomic E-state index is 0.0540. The van der Waals surface area contributed by atoms with Crippen molar-refractivity contribution in [2.24, 2.45) is 0 Å². The van der Waals surface area contributed by atoms with Gasteiger partial charge in [-0.25, -0.2) is 9.37 Å². The van der Waals surface area contributed by atoms with Crippen LogP contribution < -0.4 is 10.5 Å². The Morgan fingerprint density at radius 3 is 2.58 bits per heavy atom. The number of carbonyl (C=O) groups is 1. The van der Waals surface area contributed by atoms with E-state index in [2.05, 4.69) is 9.72 Å². The van der Waals surface area contributed by atoms with Crippen molar-refractivity contribution in [3.8, 4) is 17.0 Å². The standard InChI is InChI=1S/C15H12F4N2O3/c1-23-7-24-12-5-9(15(17,18)19)2-3-10(12)13-11(16)4-8(6-22)14(20)21-13/h2-6H,7H2,1H3,(H2,20,21). The summed E-state index contributed by atoms with van der Waals surface area (Å²) in [6, 6.07) is 3.33. The molecule has 9 heteroatoms. The van der Waals surface area contributed by atoms with Crippen molar-refractivity contribution >= 4 is 12.1 Å². The molecule has 128 valence electrons. The molecule has 2 aromatic rings. The largest absolute Gasteiger partial charge is 0.467 e. The molecule has 2 rings (SSSR count). The number of ether oxygens (including phenoxy) is 2. The van der Waals surface area contributed by atoms with Crippen LogP contribution in [0.5, 0.6) is 5.75 Å². The van der Waals surface area contributed by atoms with E-state index in [0.29, 0.717) is 12.4 Å². The monoisotopic (exact) mass is 344 g/mol. The number of hydrogen-bond acceptors (Lipinski definition) is 5. The van der Waals surface area contributed by atoms with Crippen LogP contribution >= 0.6 is 0 Å². The number of nitrogens with two attached hydrogens (primary N) is 1. The Labute approximate surface area is 134 Å². The van der Waals surface area contributed by atoms with Gasteiger partial charge >= 0.3 is 6.18 Å². The molecule has 2 N–H and O–H groups in total. The Bertz CT molecular complexity index is 763. The van der Waals surface area contributed by atoms with Crippen molar-refractivity contribution in [3.05, 3.63) is 41.2 Å². The van der Waals surface area contributed by atoms with Gasteiger partial charge in [-0.15, -0.1) is 0 Å². The molecule has 1 aromatic carbocycles. The van der Waals surface area contributed by atoms with Crippen LogP contribution in [0.15, 0.2) is 24.3 Å². The molecule has 0 unspecified atom stereocenters. The second kappa shape index (κ2) is 6.83. The fourth-order valence-electron chi connectivity index (χ4n) is 1.94. The number of methoxy groups -OCH3 is 1. The Kier molecular flexibility index (Phi) is 5.03. The number of nitrogens with zero attached hydrogens (tertiary/aromatic N) is 1. The van der Waals surface area contributed by atoms with Gasteiger partial charge in [-0.3, -0.25) is 4.79 Å². The molecule has 24 heavy (non-hydrogen) atoms. The first kappa shape index (κ1) is 17.7. The van der Waals surface area contributed by atoms with Gasteiger partial charge in [-0.05, 0) is 24.3 Å². The van der Waals surface area contributed by atoms with E-state index in [1.165, 1.54) is 7.11 Å². The SMILES string of the molecule is COCOc1cc(C(F)(F)F)ccc1-c1nc(N)c(C=O)cc1F. The predicted molar refractivity (Wildman–Crippen MR) is 76.9 cm³/mol. The quantitative estimate of drug-likeness (QED) is 0.512. The van der Waals surface area contributed by atoms with Crippen LogP contribution in [0.1, 0.15) is 15.9 Å². The van der Waals surface area contributed by atoms with Gasteiger partial charge in [-0.2, -0.15) is 13.2 Å². The third-order valence-electron chi connectivity index (χ3n) is 3.06. The molecule has 0 aliphatic carbocycles. The van der Waals surface area contributed by atoms with Gasteiger partial charge in [0.05, 0.1) is 11.1 Å². The number of aldehydes is 1. The highest BCUT2D eigenvalue weighted by Crippen LogP contribution is 2.37. The number of nitrogen functional groups attached to an aromatic ring is 1. The van der Waals surface area contributed by atoms with E-state index in [0.717, 1.165) is 18.2 Å². The molecule has 0 atom stereocenters. The fourth-order valence-corrected chi connectivity index (χ4v) is 1.94. The minimum Gasteiger partial charge on any atom is -0.467 e. The number of hydrogen-bond donors (Lipinski definition) is 1. The highest BCUT2D eigenvalue weighted by molar-refractivity contribution is 5.83. The molecule has 0 bridgehead atoms. The molecule has 0 radical (unpaired) electrons. The average Bonchev–Trinajstić information content (AvgIpc) is 2.53. The summed E-state index contributed by atoms with van der Waals surface area (Å²) in [7, 11) is 1.28. The lowest BCUT2D eigenvalue weighted by molar-refractivity contribution is -0.137. The maximum atomic E-state index is 14.2. The number of carbonyl (C=O) groups excluding carboxylic acids is 1. The predicted octanol–water partition coefficient (Wildman–Crippen LogP) is 3.28. The topological polar surface area (TPSA) is 74.4 Å². The van der Waals surface area contributed by atoms with Crippen LogP contribution in [0, 0.1) is 5.82 Å². The lowest BCUT2D eigenvalue weighted by atomic mass is 10.1. The first-order valence-corrected chi connectivity index (χ1v) is 6.52. The number of anilines is 1. The molecule has 5 nitrogen and oxygen atoms in total. The molecule has 0 aliphatic rings. The van der Waals surface area contributed by atoms with E-state index in [1.54, 1.807) is 0 Å². The summed E-state index contributed by atoms with van der Waals surface area (Å²) in [6.07, 6.45) is -4.28. The highest BCUT2D eigenvalue weighted by Gasteiger charge is 2.32. The molecular weight excluding hydrogens is 332 g/mol. The lowest BCUT2D eigenvalue weighted by Crippen LogP contribution is -2.08. The molecule has 1 heterocycles. The van der Waals surface area contributed by atoms with Gasteiger partial charge in [0.25, 0.3) is 0 Å². The smallest absolute Gasteiger partial charge is 0.416 e. The van der Waals surface area contributed by atoms with Gasteiger partial charge in [0.1, 0.15) is 23.1 Å². The first-order valence-electron chi connectivity index (χ1n) is 6.52. The van der Waals surface area contributed by atoms with Gasteiger partial charge in [0.2, 0.25) is 0 Å². The van der Waals surface area contributed by atoms with Crippen LogP contribution in [0.4, 0.5) is 23.4 Å².